The number of halogens is 1. The molecular formula is C18H15ClN2O5. The number of nitrogens with zero attached hydrogens (tertiary/aromatic N) is 1. The van der Waals surface area contributed by atoms with Gasteiger partial charge < -0.3 is 10.1 Å². The quantitative estimate of drug-likeness (QED) is 0.490. The molecule has 8 heteroatoms. The molecule has 2 aromatic carbocycles. The summed E-state index contributed by atoms with van der Waals surface area (Å²) in [4.78, 5) is 34.3. The largest absolute Gasteiger partial charge is 0.452 e. The van der Waals surface area contributed by atoms with Crippen LogP contribution in [0.3, 0.4) is 0 Å². The van der Waals surface area contributed by atoms with Crippen molar-refractivity contribution in [2.75, 3.05) is 11.9 Å². The first-order chi connectivity index (χ1) is 12.4. The molecule has 0 fully saturated rings. The van der Waals surface area contributed by atoms with Gasteiger partial charge in [0.25, 0.3) is 11.6 Å². The summed E-state index contributed by atoms with van der Waals surface area (Å²) >= 11 is 5.77. The lowest BCUT2D eigenvalue weighted by Gasteiger charge is -2.08. The van der Waals surface area contributed by atoms with E-state index >= 15 is 0 Å². The molecule has 0 aromatic heterocycles. The summed E-state index contributed by atoms with van der Waals surface area (Å²) in [6.07, 6.45) is 3.12. The van der Waals surface area contributed by atoms with Crippen LogP contribution in [-0.4, -0.2) is 23.4 Å². The molecule has 0 heterocycles. The Balaban J connectivity index is 1.62. The molecule has 0 unspecified atom stereocenters. The number of ether oxygens (including phenoxy) is 1. The van der Waals surface area contributed by atoms with Gasteiger partial charge in [-0.25, -0.2) is 4.79 Å². The fraction of sp³-hybridized carbons (Fsp3) is 0.222. The van der Waals surface area contributed by atoms with E-state index in [-0.39, 0.29) is 10.6 Å². The molecule has 26 heavy (non-hydrogen) atoms. The lowest BCUT2D eigenvalue weighted by Crippen LogP contribution is -2.21. The standard InChI is InChI=1S/C18H15ClN2O5/c19-13-5-7-16(21(24)25)15(9-13)18(23)26-10-17(22)20-14-6-4-11-2-1-3-12(11)8-14/h4-9H,1-3,10H2,(H,20,22). The second kappa shape index (κ2) is 7.53. The summed E-state index contributed by atoms with van der Waals surface area (Å²) in [5.41, 5.74) is 2.38. The summed E-state index contributed by atoms with van der Waals surface area (Å²) < 4.78 is 4.89. The minimum atomic E-state index is -0.983. The number of amides is 1. The maximum atomic E-state index is 12.1. The van der Waals surface area contributed by atoms with E-state index in [0.29, 0.717) is 5.69 Å². The average molecular weight is 375 g/mol. The first-order valence-electron chi connectivity index (χ1n) is 7.97. The van der Waals surface area contributed by atoms with E-state index in [1.807, 2.05) is 12.1 Å². The van der Waals surface area contributed by atoms with Gasteiger partial charge in [-0.15, -0.1) is 0 Å². The molecule has 0 bridgehead atoms. The first-order valence-corrected chi connectivity index (χ1v) is 8.34. The van der Waals surface area contributed by atoms with Gasteiger partial charge in [0.15, 0.2) is 6.61 Å². The van der Waals surface area contributed by atoms with E-state index in [1.165, 1.54) is 17.2 Å². The molecule has 1 amide bonds. The molecular weight excluding hydrogens is 360 g/mol. The number of rotatable bonds is 5. The van der Waals surface area contributed by atoms with Crippen LogP contribution in [0, 0.1) is 10.1 Å². The van der Waals surface area contributed by atoms with Crippen molar-refractivity contribution in [2.45, 2.75) is 19.3 Å². The first kappa shape index (κ1) is 17.9. The van der Waals surface area contributed by atoms with E-state index < -0.39 is 29.1 Å². The Hall–Kier alpha value is -2.93. The van der Waals surface area contributed by atoms with Gasteiger partial charge in [-0.3, -0.25) is 14.9 Å². The highest BCUT2D eigenvalue weighted by atomic mass is 35.5. The van der Waals surface area contributed by atoms with Crippen LogP contribution in [0.25, 0.3) is 0 Å². The number of nitro groups is 1. The van der Waals surface area contributed by atoms with E-state index in [9.17, 15) is 19.7 Å². The van der Waals surface area contributed by atoms with E-state index in [1.54, 1.807) is 6.07 Å². The van der Waals surface area contributed by atoms with Gasteiger partial charge >= 0.3 is 5.97 Å². The summed E-state index contributed by atoms with van der Waals surface area (Å²) in [6.45, 7) is -0.556. The third-order valence-corrected chi connectivity index (χ3v) is 4.33. The topological polar surface area (TPSA) is 98.5 Å². The van der Waals surface area contributed by atoms with Crippen LogP contribution in [0.1, 0.15) is 27.9 Å². The van der Waals surface area contributed by atoms with Crippen LogP contribution in [0.2, 0.25) is 5.02 Å². The number of carbonyl (C=O) groups is 2. The lowest BCUT2D eigenvalue weighted by atomic mass is 10.1. The summed E-state index contributed by atoms with van der Waals surface area (Å²) in [5.74, 6) is -1.51. The van der Waals surface area contributed by atoms with Gasteiger partial charge in [0.1, 0.15) is 5.56 Å². The van der Waals surface area contributed by atoms with Crippen molar-refractivity contribution < 1.29 is 19.2 Å². The minimum Gasteiger partial charge on any atom is -0.452 e. The van der Waals surface area contributed by atoms with Gasteiger partial charge in [-0.05, 0) is 54.7 Å². The van der Waals surface area contributed by atoms with E-state index in [4.69, 9.17) is 16.3 Å². The number of aryl methyl sites for hydroxylation is 2. The number of anilines is 1. The average Bonchev–Trinajstić information content (AvgIpc) is 3.07. The van der Waals surface area contributed by atoms with Crippen LogP contribution < -0.4 is 5.32 Å². The van der Waals surface area contributed by atoms with Gasteiger partial charge in [-0.2, -0.15) is 0 Å². The Morgan fingerprint density at radius 3 is 2.69 bits per heavy atom. The Morgan fingerprint density at radius 2 is 1.92 bits per heavy atom. The molecule has 3 rings (SSSR count). The molecule has 1 N–H and O–H groups in total. The predicted molar refractivity (Wildman–Crippen MR) is 95.5 cm³/mol. The number of hydrogen-bond acceptors (Lipinski definition) is 5. The zero-order valence-corrected chi connectivity index (χ0v) is 14.4. The fourth-order valence-corrected chi connectivity index (χ4v) is 3.06. The van der Waals surface area contributed by atoms with Crippen molar-refractivity contribution in [3.63, 3.8) is 0 Å². The van der Waals surface area contributed by atoms with Crippen molar-refractivity contribution in [2.24, 2.45) is 0 Å². The summed E-state index contributed by atoms with van der Waals surface area (Å²) in [6, 6.07) is 9.23. The van der Waals surface area contributed by atoms with Gasteiger partial charge in [-0.1, -0.05) is 17.7 Å². The molecule has 134 valence electrons. The summed E-state index contributed by atoms with van der Waals surface area (Å²) in [7, 11) is 0. The highest BCUT2D eigenvalue weighted by molar-refractivity contribution is 6.31. The smallest absolute Gasteiger partial charge is 0.345 e. The number of benzene rings is 2. The number of hydrogen-bond donors (Lipinski definition) is 1. The molecule has 0 atom stereocenters. The molecule has 1 aliphatic rings. The third-order valence-electron chi connectivity index (χ3n) is 4.09. The number of nitro benzene ring substituents is 1. The maximum Gasteiger partial charge on any atom is 0.345 e. The zero-order valence-electron chi connectivity index (χ0n) is 13.7. The molecule has 0 aliphatic heterocycles. The Morgan fingerprint density at radius 1 is 1.15 bits per heavy atom. The fourth-order valence-electron chi connectivity index (χ4n) is 2.89. The van der Waals surface area contributed by atoms with Crippen molar-refractivity contribution in [3.05, 3.63) is 68.2 Å². The van der Waals surface area contributed by atoms with Gasteiger partial charge in [0.05, 0.1) is 4.92 Å². The Kier molecular flexibility index (Phi) is 5.18. The zero-order chi connectivity index (χ0) is 18.7. The lowest BCUT2D eigenvalue weighted by molar-refractivity contribution is -0.385. The molecule has 1 aliphatic carbocycles. The van der Waals surface area contributed by atoms with Crippen LogP contribution in [0.5, 0.6) is 0 Å². The third kappa shape index (κ3) is 4.00. The van der Waals surface area contributed by atoms with Crippen molar-refractivity contribution in [1.82, 2.24) is 0 Å². The highest BCUT2D eigenvalue weighted by Gasteiger charge is 2.22. The second-order valence-corrected chi connectivity index (χ2v) is 6.32. The monoisotopic (exact) mass is 374 g/mol. The molecule has 0 saturated heterocycles. The van der Waals surface area contributed by atoms with Gasteiger partial charge in [0.2, 0.25) is 0 Å². The predicted octanol–water partition coefficient (Wildman–Crippen LogP) is 3.53. The minimum absolute atomic E-state index is 0.158. The van der Waals surface area contributed by atoms with Crippen LogP contribution in [0.15, 0.2) is 36.4 Å². The van der Waals surface area contributed by atoms with Crippen molar-refractivity contribution in [3.8, 4) is 0 Å². The highest BCUT2D eigenvalue weighted by Crippen LogP contribution is 2.25. The molecule has 0 spiro atoms. The summed E-state index contributed by atoms with van der Waals surface area (Å²) in [5, 5.41) is 13.8. The normalized spacial score (nSPS) is 12.3. The van der Waals surface area contributed by atoms with Crippen LogP contribution in [0.4, 0.5) is 11.4 Å². The maximum absolute atomic E-state index is 12.1. The van der Waals surface area contributed by atoms with E-state index in [2.05, 4.69) is 5.32 Å². The van der Waals surface area contributed by atoms with Crippen LogP contribution in [-0.2, 0) is 22.4 Å². The Labute approximate surface area is 154 Å². The number of fused-ring (bicyclic) bond motifs is 1. The van der Waals surface area contributed by atoms with Gasteiger partial charge in [0, 0.05) is 16.8 Å². The second-order valence-electron chi connectivity index (χ2n) is 5.88. The van der Waals surface area contributed by atoms with Crippen LogP contribution >= 0.6 is 11.6 Å². The number of carbonyl (C=O) groups excluding carboxylic acids is 2. The van der Waals surface area contributed by atoms with Crippen molar-refractivity contribution in [1.29, 1.82) is 0 Å². The molecule has 2 aromatic rings. The number of nitrogens with one attached hydrogen (secondary N) is 1. The SMILES string of the molecule is O=C(COC(=O)c1cc(Cl)ccc1[N+](=O)[O-])Nc1ccc2c(c1)CCC2. The van der Waals surface area contributed by atoms with Crippen molar-refractivity contribution >= 4 is 34.9 Å². The van der Waals surface area contributed by atoms with E-state index in [0.717, 1.165) is 31.4 Å². The molecule has 0 saturated carbocycles. The molecule has 0 radical (unpaired) electrons. The number of esters is 1. The Bertz CT molecular complexity index is 897. The molecule has 7 nitrogen and oxygen atoms in total.